The minimum atomic E-state index is -0.0794. The van der Waals surface area contributed by atoms with Crippen LogP contribution >= 0.6 is 0 Å². The van der Waals surface area contributed by atoms with E-state index in [9.17, 15) is 4.79 Å². The van der Waals surface area contributed by atoms with Crippen molar-refractivity contribution in [1.82, 2.24) is 15.1 Å². The zero-order chi connectivity index (χ0) is 23.5. The largest absolute Gasteiger partial charge is 0.380 e. The summed E-state index contributed by atoms with van der Waals surface area (Å²) in [5, 5.41) is 3.52. The summed E-state index contributed by atoms with van der Waals surface area (Å²) in [6, 6.07) is 8.45. The Morgan fingerprint density at radius 2 is 1.65 bits per heavy atom. The van der Waals surface area contributed by atoms with E-state index in [1.807, 2.05) is 4.90 Å². The van der Waals surface area contributed by atoms with E-state index in [0.717, 1.165) is 39.1 Å². The highest BCUT2D eigenvalue weighted by Gasteiger charge is 2.26. The summed E-state index contributed by atoms with van der Waals surface area (Å²) in [5.41, 5.74) is 2.47. The van der Waals surface area contributed by atoms with Gasteiger partial charge in [0.15, 0.2) is 0 Å². The molecule has 0 heterocycles. The van der Waals surface area contributed by atoms with E-state index in [2.05, 4.69) is 90.1 Å². The molecule has 0 saturated carbocycles. The van der Waals surface area contributed by atoms with Crippen molar-refractivity contribution in [3.63, 3.8) is 0 Å². The third-order valence-corrected chi connectivity index (χ3v) is 5.43. The third-order valence-electron chi connectivity index (χ3n) is 5.43. The number of ether oxygens (including phenoxy) is 1. The predicted molar refractivity (Wildman–Crippen MR) is 132 cm³/mol. The topological polar surface area (TPSA) is 44.8 Å². The van der Waals surface area contributed by atoms with Crippen LogP contribution in [0.4, 0.5) is 0 Å². The van der Waals surface area contributed by atoms with Gasteiger partial charge in [0.25, 0.3) is 0 Å². The Hall–Kier alpha value is -1.43. The average molecular weight is 434 g/mol. The van der Waals surface area contributed by atoms with Gasteiger partial charge in [-0.2, -0.15) is 0 Å². The highest BCUT2D eigenvalue weighted by atomic mass is 16.5. The first-order valence-corrected chi connectivity index (χ1v) is 11.7. The monoisotopic (exact) mass is 433 g/mol. The van der Waals surface area contributed by atoms with Crippen LogP contribution in [-0.2, 0) is 16.0 Å². The van der Waals surface area contributed by atoms with Crippen molar-refractivity contribution in [2.45, 2.75) is 54.4 Å². The van der Waals surface area contributed by atoms with Crippen molar-refractivity contribution >= 4 is 5.91 Å². The van der Waals surface area contributed by atoms with Crippen LogP contribution in [0.15, 0.2) is 24.3 Å². The molecule has 1 aromatic carbocycles. The molecule has 5 heteroatoms. The first kappa shape index (κ1) is 27.6. The van der Waals surface area contributed by atoms with Crippen LogP contribution in [0, 0.1) is 17.8 Å². The number of hydrogen-bond acceptors (Lipinski definition) is 4. The molecule has 0 fully saturated rings. The lowest BCUT2D eigenvalue weighted by Gasteiger charge is -2.33. The quantitative estimate of drug-likeness (QED) is 0.425. The van der Waals surface area contributed by atoms with Gasteiger partial charge in [0.05, 0.1) is 13.2 Å². The van der Waals surface area contributed by atoms with Crippen molar-refractivity contribution in [3.05, 3.63) is 35.4 Å². The number of carbonyl (C=O) groups is 1. The number of rotatable bonds is 15. The molecule has 1 aromatic rings. The van der Waals surface area contributed by atoms with Gasteiger partial charge in [0, 0.05) is 50.0 Å². The van der Waals surface area contributed by atoms with Gasteiger partial charge in [-0.25, -0.2) is 0 Å². The van der Waals surface area contributed by atoms with E-state index in [-0.39, 0.29) is 16.7 Å². The van der Waals surface area contributed by atoms with E-state index in [0.29, 0.717) is 19.6 Å². The lowest BCUT2D eigenvalue weighted by atomic mass is 9.92. The molecule has 0 unspecified atom stereocenters. The zero-order valence-electron chi connectivity index (χ0n) is 21.4. The van der Waals surface area contributed by atoms with Gasteiger partial charge in [-0.15, -0.1) is 0 Å². The maximum atomic E-state index is 12.8. The highest BCUT2D eigenvalue weighted by molar-refractivity contribution is 5.76. The van der Waals surface area contributed by atoms with Crippen LogP contribution in [0.3, 0.4) is 0 Å². The fourth-order valence-corrected chi connectivity index (χ4v) is 3.49. The van der Waals surface area contributed by atoms with Crippen LogP contribution in [0.2, 0.25) is 0 Å². The van der Waals surface area contributed by atoms with Gasteiger partial charge >= 0.3 is 0 Å². The van der Waals surface area contributed by atoms with Gasteiger partial charge in [0.2, 0.25) is 5.91 Å². The maximum Gasteiger partial charge on any atom is 0.222 e. The Bertz CT molecular complexity index is 639. The number of amides is 1. The van der Waals surface area contributed by atoms with Crippen LogP contribution < -0.4 is 5.32 Å². The molecule has 0 radical (unpaired) electrons. The third kappa shape index (κ3) is 12.3. The van der Waals surface area contributed by atoms with Crippen LogP contribution in [-0.4, -0.2) is 75.7 Å². The maximum absolute atomic E-state index is 12.8. The van der Waals surface area contributed by atoms with Gasteiger partial charge in [0.1, 0.15) is 0 Å². The summed E-state index contributed by atoms with van der Waals surface area (Å²) in [6.07, 6.45) is 1.35. The number of aryl methyl sites for hydroxylation is 2. The molecule has 1 amide bonds. The average Bonchev–Trinajstić information content (AvgIpc) is 2.68. The van der Waals surface area contributed by atoms with Crippen molar-refractivity contribution in [3.8, 4) is 0 Å². The number of nitrogens with zero attached hydrogens (tertiary/aromatic N) is 2. The lowest BCUT2D eigenvalue weighted by molar-refractivity contribution is -0.133. The SMILES string of the molecule is CCN(CC(C)(C)COCC(C)(C)CNCCN(C)C)C(=O)CCc1ccc(C)cc1. The second kappa shape index (κ2) is 13.2. The lowest BCUT2D eigenvalue weighted by Crippen LogP contribution is -2.42. The van der Waals surface area contributed by atoms with Crippen molar-refractivity contribution in [2.24, 2.45) is 10.8 Å². The molecule has 0 spiro atoms. The summed E-state index contributed by atoms with van der Waals surface area (Å²) < 4.78 is 6.12. The molecule has 0 atom stereocenters. The van der Waals surface area contributed by atoms with Crippen molar-refractivity contribution in [1.29, 1.82) is 0 Å². The predicted octanol–water partition coefficient (Wildman–Crippen LogP) is 4.00. The summed E-state index contributed by atoms with van der Waals surface area (Å²) in [4.78, 5) is 17.0. The van der Waals surface area contributed by atoms with Gasteiger partial charge < -0.3 is 19.9 Å². The smallest absolute Gasteiger partial charge is 0.222 e. The van der Waals surface area contributed by atoms with Gasteiger partial charge in [-0.1, -0.05) is 57.5 Å². The Labute approximate surface area is 191 Å². The van der Waals surface area contributed by atoms with E-state index in [1.54, 1.807) is 0 Å². The van der Waals surface area contributed by atoms with Crippen LogP contribution in [0.25, 0.3) is 0 Å². The fourth-order valence-electron chi connectivity index (χ4n) is 3.49. The molecule has 0 saturated heterocycles. The standard InChI is InChI=1S/C26H47N3O2/c1-9-29(24(30)15-14-23-12-10-22(2)11-13-23)19-26(5,6)21-31-20-25(3,4)18-27-16-17-28(7)8/h10-13,27H,9,14-21H2,1-8H3. The van der Waals surface area contributed by atoms with Crippen LogP contribution in [0.1, 0.15) is 52.2 Å². The Morgan fingerprint density at radius 1 is 1.03 bits per heavy atom. The number of benzene rings is 1. The minimum Gasteiger partial charge on any atom is -0.380 e. The summed E-state index contributed by atoms with van der Waals surface area (Å²) in [6.45, 7) is 18.7. The summed E-state index contributed by atoms with van der Waals surface area (Å²) >= 11 is 0. The Morgan fingerprint density at radius 3 is 2.23 bits per heavy atom. The molecule has 0 aromatic heterocycles. The second-order valence-corrected chi connectivity index (χ2v) is 10.7. The molecule has 178 valence electrons. The molecule has 0 aliphatic rings. The van der Waals surface area contributed by atoms with Crippen molar-refractivity contribution < 1.29 is 9.53 Å². The number of carbonyl (C=O) groups excluding carboxylic acids is 1. The number of nitrogens with one attached hydrogen (secondary N) is 1. The van der Waals surface area contributed by atoms with E-state index in [4.69, 9.17) is 4.74 Å². The fraction of sp³-hybridized carbons (Fsp3) is 0.731. The van der Waals surface area contributed by atoms with E-state index in [1.165, 1.54) is 11.1 Å². The normalized spacial score (nSPS) is 12.4. The first-order chi connectivity index (χ1) is 14.4. The van der Waals surface area contributed by atoms with Crippen LogP contribution in [0.5, 0.6) is 0 Å². The molecule has 1 N–H and O–H groups in total. The van der Waals surface area contributed by atoms with Crippen molar-refractivity contribution in [2.75, 3.05) is 60.0 Å². The molecule has 0 bridgehead atoms. The van der Waals surface area contributed by atoms with Gasteiger partial charge in [-0.3, -0.25) is 4.79 Å². The second-order valence-electron chi connectivity index (χ2n) is 10.7. The molecular formula is C26H47N3O2. The summed E-state index contributed by atoms with van der Waals surface area (Å²) in [5.74, 6) is 0.224. The number of hydrogen-bond donors (Lipinski definition) is 1. The van der Waals surface area contributed by atoms with E-state index < -0.39 is 0 Å². The zero-order valence-corrected chi connectivity index (χ0v) is 21.4. The molecule has 0 aliphatic heterocycles. The molecule has 31 heavy (non-hydrogen) atoms. The van der Waals surface area contributed by atoms with Gasteiger partial charge in [-0.05, 0) is 39.9 Å². The molecule has 0 aliphatic carbocycles. The minimum absolute atomic E-state index is 0.0794. The van der Waals surface area contributed by atoms with E-state index >= 15 is 0 Å². The highest BCUT2D eigenvalue weighted by Crippen LogP contribution is 2.21. The number of likely N-dealkylation sites (N-methyl/N-ethyl adjacent to an activating group) is 1. The Balaban J connectivity index is 2.41. The molecule has 5 nitrogen and oxygen atoms in total. The molecule has 1 rings (SSSR count). The molecular weight excluding hydrogens is 386 g/mol. The first-order valence-electron chi connectivity index (χ1n) is 11.7. The Kier molecular flexibility index (Phi) is 11.7. The summed E-state index contributed by atoms with van der Waals surface area (Å²) in [7, 11) is 4.18.